The Kier molecular flexibility index (Phi) is 3.82. The van der Waals surface area contributed by atoms with Crippen molar-refractivity contribution in [3.63, 3.8) is 0 Å². The molecule has 0 aromatic heterocycles. The highest BCUT2D eigenvalue weighted by atomic mass is 16.5. The zero-order valence-corrected chi connectivity index (χ0v) is 12.1. The second-order valence-corrected chi connectivity index (χ2v) is 5.53. The molecule has 5 heteroatoms. The predicted octanol–water partition coefficient (Wildman–Crippen LogP) is 2.53. The first kappa shape index (κ1) is 13.9. The van der Waals surface area contributed by atoms with Crippen LogP contribution in [-0.4, -0.2) is 31.6 Å². The van der Waals surface area contributed by atoms with Crippen LogP contribution in [0.15, 0.2) is 18.2 Å². The number of rotatable bonds is 4. The summed E-state index contributed by atoms with van der Waals surface area (Å²) in [7, 11) is 1.35. The molecule has 1 heterocycles. The number of anilines is 1. The molecule has 0 radical (unpaired) electrons. The van der Waals surface area contributed by atoms with Gasteiger partial charge in [0.1, 0.15) is 5.75 Å². The third kappa shape index (κ3) is 2.86. The van der Waals surface area contributed by atoms with Crippen molar-refractivity contribution in [1.82, 2.24) is 0 Å². The lowest BCUT2D eigenvalue weighted by Gasteiger charge is -2.27. The molecule has 1 aliphatic carbocycles. The highest BCUT2D eigenvalue weighted by Crippen LogP contribution is 2.31. The molecule has 1 aromatic rings. The van der Waals surface area contributed by atoms with Crippen molar-refractivity contribution in [1.29, 1.82) is 0 Å². The van der Waals surface area contributed by atoms with Crippen molar-refractivity contribution < 1.29 is 19.1 Å². The van der Waals surface area contributed by atoms with Gasteiger partial charge in [0.05, 0.1) is 18.8 Å². The molecule has 0 atom stereocenters. The molecule has 1 aliphatic heterocycles. The van der Waals surface area contributed by atoms with E-state index in [2.05, 4.69) is 0 Å². The van der Waals surface area contributed by atoms with Crippen LogP contribution in [0.4, 0.5) is 5.69 Å². The van der Waals surface area contributed by atoms with Gasteiger partial charge in [0.15, 0.2) is 0 Å². The van der Waals surface area contributed by atoms with Crippen LogP contribution in [0.5, 0.6) is 5.75 Å². The second-order valence-electron chi connectivity index (χ2n) is 5.53. The first-order valence-electron chi connectivity index (χ1n) is 7.38. The van der Waals surface area contributed by atoms with E-state index in [-0.39, 0.29) is 12.0 Å². The van der Waals surface area contributed by atoms with Crippen molar-refractivity contribution >= 4 is 17.6 Å². The Bertz CT molecular complexity index is 565. The highest BCUT2D eigenvalue weighted by Gasteiger charge is 2.25. The summed E-state index contributed by atoms with van der Waals surface area (Å²) in [6, 6.07) is 5.23. The van der Waals surface area contributed by atoms with Crippen LogP contribution < -0.4 is 9.64 Å². The summed E-state index contributed by atoms with van der Waals surface area (Å²) in [6.07, 6.45) is 4.89. The fourth-order valence-electron chi connectivity index (χ4n) is 2.65. The summed E-state index contributed by atoms with van der Waals surface area (Å²) in [4.78, 5) is 25.4. The largest absolute Gasteiger partial charge is 0.490 e. The number of carbonyl (C=O) groups excluding carboxylic acids is 2. The Morgan fingerprint density at radius 3 is 2.62 bits per heavy atom. The summed E-state index contributed by atoms with van der Waals surface area (Å²) in [5.41, 5.74) is 1.14. The van der Waals surface area contributed by atoms with Gasteiger partial charge in [0, 0.05) is 24.7 Å². The fourth-order valence-corrected chi connectivity index (χ4v) is 2.65. The molecule has 0 N–H and O–H groups in total. The minimum Gasteiger partial charge on any atom is -0.490 e. The van der Waals surface area contributed by atoms with Gasteiger partial charge in [0.2, 0.25) is 5.91 Å². The number of ether oxygens (including phenoxy) is 2. The van der Waals surface area contributed by atoms with Crippen molar-refractivity contribution in [2.75, 3.05) is 18.6 Å². The van der Waals surface area contributed by atoms with Gasteiger partial charge in [-0.25, -0.2) is 4.79 Å². The van der Waals surface area contributed by atoms with E-state index in [9.17, 15) is 9.59 Å². The predicted molar refractivity (Wildman–Crippen MR) is 77.6 cm³/mol. The average Bonchev–Trinajstić information content (AvgIpc) is 2.88. The lowest BCUT2D eigenvalue weighted by molar-refractivity contribution is -0.117. The van der Waals surface area contributed by atoms with E-state index in [1.54, 1.807) is 17.0 Å². The van der Waals surface area contributed by atoms with Gasteiger partial charge in [-0.3, -0.25) is 4.79 Å². The lowest BCUT2D eigenvalue weighted by atomic mass is 9.96. The molecule has 5 nitrogen and oxygen atoms in total. The Labute approximate surface area is 123 Å². The van der Waals surface area contributed by atoms with E-state index in [1.807, 2.05) is 6.07 Å². The Hall–Kier alpha value is -2.04. The summed E-state index contributed by atoms with van der Waals surface area (Å²) >= 11 is 0. The van der Waals surface area contributed by atoms with Gasteiger partial charge in [0.25, 0.3) is 0 Å². The molecular weight excluding hydrogens is 270 g/mol. The van der Waals surface area contributed by atoms with Gasteiger partial charge < -0.3 is 14.4 Å². The Morgan fingerprint density at radius 2 is 2.05 bits per heavy atom. The highest BCUT2D eigenvalue weighted by molar-refractivity contribution is 5.98. The molecule has 1 saturated heterocycles. The standard InChI is InChI=1S/C16H19NO4/c1-20-16(19)11-8-12(17-7-3-6-15(17)18)10-14(9-11)21-13-4-2-5-13/h8-10,13H,2-7H2,1H3. The molecule has 1 saturated carbocycles. The quantitative estimate of drug-likeness (QED) is 0.799. The van der Waals surface area contributed by atoms with E-state index >= 15 is 0 Å². The number of carbonyl (C=O) groups is 2. The number of esters is 1. The van der Waals surface area contributed by atoms with Gasteiger partial charge in [-0.1, -0.05) is 0 Å². The van der Waals surface area contributed by atoms with Crippen LogP contribution in [-0.2, 0) is 9.53 Å². The third-order valence-electron chi connectivity index (χ3n) is 4.05. The van der Waals surface area contributed by atoms with E-state index in [4.69, 9.17) is 9.47 Å². The molecule has 112 valence electrons. The molecule has 1 aromatic carbocycles. The lowest BCUT2D eigenvalue weighted by Crippen LogP contribution is -2.26. The van der Waals surface area contributed by atoms with Crippen LogP contribution in [0, 0.1) is 0 Å². The molecule has 3 rings (SSSR count). The van der Waals surface area contributed by atoms with Crippen LogP contribution >= 0.6 is 0 Å². The molecular formula is C16H19NO4. The number of benzene rings is 1. The summed E-state index contributed by atoms with van der Waals surface area (Å²) in [6.45, 7) is 0.687. The number of amides is 1. The first-order valence-corrected chi connectivity index (χ1v) is 7.38. The van der Waals surface area contributed by atoms with Crippen LogP contribution in [0.2, 0.25) is 0 Å². The molecule has 1 amide bonds. The maximum atomic E-state index is 11.9. The van der Waals surface area contributed by atoms with E-state index in [1.165, 1.54) is 13.5 Å². The smallest absolute Gasteiger partial charge is 0.338 e. The van der Waals surface area contributed by atoms with Gasteiger partial charge in [-0.05, 0) is 37.8 Å². The average molecular weight is 289 g/mol. The minimum absolute atomic E-state index is 0.0895. The second kappa shape index (κ2) is 5.76. The van der Waals surface area contributed by atoms with E-state index in [0.29, 0.717) is 24.3 Å². The van der Waals surface area contributed by atoms with Crippen LogP contribution in [0.25, 0.3) is 0 Å². The monoisotopic (exact) mass is 289 g/mol. The van der Waals surface area contributed by atoms with Crippen LogP contribution in [0.3, 0.4) is 0 Å². The third-order valence-corrected chi connectivity index (χ3v) is 4.05. The van der Waals surface area contributed by atoms with Crippen molar-refractivity contribution in [2.45, 2.75) is 38.2 Å². The van der Waals surface area contributed by atoms with E-state index in [0.717, 1.165) is 24.9 Å². The first-order chi connectivity index (χ1) is 10.2. The number of hydrogen-bond donors (Lipinski definition) is 0. The molecule has 0 unspecified atom stereocenters. The zero-order chi connectivity index (χ0) is 14.8. The van der Waals surface area contributed by atoms with Crippen molar-refractivity contribution in [3.05, 3.63) is 23.8 Å². The van der Waals surface area contributed by atoms with Crippen molar-refractivity contribution in [2.24, 2.45) is 0 Å². The number of hydrogen-bond acceptors (Lipinski definition) is 4. The molecule has 21 heavy (non-hydrogen) atoms. The Morgan fingerprint density at radius 1 is 1.24 bits per heavy atom. The molecule has 0 spiro atoms. The minimum atomic E-state index is -0.415. The maximum Gasteiger partial charge on any atom is 0.338 e. The summed E-state index contributed by atoms with van der Waals surface area (Å²) < 4.78 is 10.7. The summed E-state index contributed by atoms with van der Waals surface area (Å²) in [5, 5.41) is 0. The van der Waals surface area contributed by atoms with Crippen molar-refractivity contribution in [3.8, 4) is 5.75 Å². The molecule has 2 aliphatic rings. The topological polar surface area (TPSA) is 55.8 Å². The fraction of sp³-hybridized carbons (Fsp3) is 0.500. The van der Waals surface area contributed by atoms with Gasteiger partial charge in [-0.15, -0.1) is 0 Å². The molecule has 0 bridgehead atoms. The van der Waals surface area contributed by atoms with E-state index < -0.39 is 5.97 Å². The molecule has 2 fully saturated rings. The number of nitrogens with zero attached hydrogens (tertiary/aromatic N) is 1. The normalized spacial score (nSPS) is 18.5. The maximum absolute atomic E-state index is 11.9. The summed E-state index contributed by atoms with van der Waals surface area (Å²) in [5.74, 6) is 0.311. The van der Waals surface area contributed by atoms with Gasteiger partial charge >= 0.3 is 5.97 Å². The zero-order valence-electron chi connectivity index (χ0n) is 12.1. The number of methoxy groups -OCH3 is 1. The van der Waals surface area contributed by atoms with Crippen LogP contribution in [0.1, 0.15) is 42.5 Å². The van der Waals surface area contributed by atoms with Gasteiger partial charge in [-0.2, -0.15) is 0 Å². The Balaban J connectivity index is 1.91. The SMILES string of the molecule is COC(=O)c1cc(OC2CCC2)cc(N2CCCC2=O)c1.